The molecule has 0 aliphatic carbocycles. The van der Waals surface area contributed by atoms with Gasteiger partial charge in [-0.1, -0.05) is 5.11 Å². The van der Waals surface area contributed by atoms with Gasteiger partial charge in [0.05, 0.1) is 59.5 Å². The van der Waals surface area contributed by atoms with Gasteiger partial charge in [0.1, 0.15) is 23.9 Å². The van der Waals surface area contributed by atoms with E-state index in [-0.39, 0.29) is 33.0 Å². The second-order valence-corrected chi connectivity index (χ2v) is 8.72. The first-order valence-electron chi connectivity index (χ1n) is 11.4. The summed E-state index contributed by atoms with van der Waals surface area (Å²) < 4.78 is 83.4. The van der Waals surface area contributed by atoms with E-state index in [1.165, 1.54) is 0 Å². The lowest BCUT2D eigenvalue weighted by Gasteiger charge is -2.42. The SMILES string of the molecule is CC1(C)O[C@@H]2[C@@H](NC(=O)C(F)(F)F)[C@H]3OC[C@](COCCOCCOCCOCCN=[N+]=[N-])(O3)[C@@H]2O1. The molecule has 3 aliphatic heterocycles. The number of alkyl halides is 3. The van der Waals surface area contributed by atoms with Crippen LogP contribution in [-0.4, -0.2) is 114 Å². The first-order chi connectivity index (χ1) is 17.1. The van der Waals surface area contributed by atoms with Crippen molar-refractivity contribution < 1.29 is 55.9 Å². The molecule has 0 radical (unpaired) electrons. The Morgan fingerprint density at radius 2 is 1.64 bits per heavy atom. The number of amides is 1. The molecule has 0 aromatic rings. The van der Waals surface area contributed by atoms with Gasteiger partial charge in [0.15, 0.2) is 12.1 Å². The largest absolute Gasteiger partial charge is 0.471 e. The van der Waals surface area contributed by atoms with Crippen molar-refractivity contribution in [3.8, 4) is 0 Å². The zero-order chi connectivity index (χ0) is 26.2. The third-order valence-corrected chi connectivity index (χ3v) is 5.55. The molecule has 5 atom stereocenters. The van der Waals surface area contributed by atoms with Gasteiger partial charge in [0.2, 0.25) is 0 Å². The highest BCUT2D eigenvalue weighted by molar-refractivity contribution is 5.82. The molecule has 0 saturated carbocycles. The third kappa shape index (κ3) is 7.63. The number of rotatable bonds is 15. The van der Waals surface area contributed by atoms with Gasteiger partial charge in [-0.25, -0.2) is 0 Å². The molecule has 0 aromatic heterocycles. The molecule has 36 heavy (non-hydrogen) atoms. The zero-order valence-corrected chi connectivity index (χ0v) is 20.0. The van der Waals surface area contributed by atoms with Crippen molar-refractivity contribution in [1.82, 2.24) is 5.32 Å². The fourth-order valence-electron chi connectivity index (χ4n) is 4.06. The van der Waals surface area contributed by atoms with Crippen LogP contribution in [0.4, 0.5) is 13.2 Å². The van der Waals surface area contributed by atoms with Crippen LogP contribution in [-0.2, 0) is 42.7 Å². The first-order valence-corrected chi connectivity index (χ1v) is 11.4. The normalized spacial score (nSPS) is 30.6. The lowest BCUT2D eigenvalue weighted by atomic mass is 9.88. The Morgan fingerprint density at radius 1 is 1.03 bits per heavy atom. The van der Waals surface area contributed by atoms with Gasteiger partial charge in [0.25, 0.3) is 0 Å². The molecular formula is C20H31F3N4O9. The summed E-state index contributed by atoms with van der Waals surface area (Å²) in [6.07, 6.45) is -7.95. The van der Waals surface area contributed by atoms with Gasteiger partial charge >= 0.3 is 12.1 Å². The van der Waals surface area contributed by atoms with E-state index in [9.17, 15) is 18.0 Å². The summed E-state index contributed by atoms with van der Waals surface area (Å²) in [5.41, 5.74) is 7.03. The summed E-state index contributed by atoms with van der Waals surface area (Å²) in [6.45, 7) is 5.82. The third-order valence-electron chi connectivity index (χ3n) is 5.55. The molecule has 1 amide bonds. The van der Waals surface area contributed by atoms with Crippen molar-refractivity contribution in [2.45, 2.75) is 56.0 Å². The van der Waals surface area contributed by atoms with Crippen molar-refractivity contribution in [3.05, 3.63) is 10.4 Å². The Kier molecular flexibility index (Phi) is 10.1. The number of nitrogens with zero attached hydrogens (tertiary/aromatic N) is 3. The van der Waals surface area contributed by atoms with E-state index < -0.39 is 48.0 Å². The molecule has 3 saturated heterocycles. The first kappa shape index (κ1) is 28.8. The Morgan fingerprint density at radius 3 is 2.25 bits per heavy atom. The van der Waals surface area contributed by atoms with Gasteiger partial charge < -0.3 is 43.2 Å². The molecule has 0 unspecified atom stereocenters. The van der Waals surface area contributed by atoms with Crippen LogP contribution in [0.1, 0.15) is 13.8 Å². The smallest absolute Gasteiger partial charge is 0.379 e. The molecule has 16 heteroatoms. The average molecular weight is 528 g/mol. The monoisotopic (exact) mass is 528 g/mol. The van der Waals surface area contributed by atoms with Crippen LogP contribution in [0.25, 0.3) is 10.4 Å². The molecule has 2 bridgehead atoms. The van der Waals surface area contributed by atoms with Crippen LogP contribution >= 0.6 is 0 Å². The zero-order valence-electron chi connectivity index (χ0n) is 20.0. The average Bonchev–Trinajstić information content (AvgIpc) is 3.36. The summed E-state index contributed by atoms with van der Waals surface area (Å²) in [7, 11) is 0. The van der Waals surface area contributed by atoms with E-state index in [4.69, 9.17) is 43.4 Å². The Labute approximate surface area is 205 Å². The fraction of sp³-hybridized carbons (Fsp3) is 0.950. The second-order valence-electron chi connectivity index (χ2n) is 8.72. The summed E-state index contributed by atoms with van der Waals surface area (Å²) in [4.78, 5) is 14.2. The minimum Gasteiger partial charge on any atom is -0.379 e. The summed E-state index contributed by atoms with van der Waals surface area (Å²) in [6, 6.07) is -1.21. The lowest BCUT2D eigenvalue weighted by molar-refractivity contribution is -0.218. The fourth-order valence-corrected chi connectivity index (χ4v) is 4.06. The lowest BCUT2D eigenvalue weighted by Crippen LogP contribution is -2.66. The van der Waals surface area contributed by atoms with Crippen LogP contribution in [0.15, 0.2) is 5.11 Å². The van der Waals surface area contributed by atoms with E-state index in [0.29, 0.717) is 33.0 Å². The number of azide groups is 1. The predicted molar refractivity (Wildman–Crippen MR) is 113 cm³/mol. The molecular weight excluding hydrogens is 497 g/mol. The Hall–Kier alpha value is -1.75. The minimum atomic E-state index is -5.06. The maximum absolute atomic E-state index is 12.8. The van der Waals surface area contributed by atoms with E-state index in [1.807, 2.05) is 5.32 Å². The molecule has 3 heterocycles. The van der Waals surface area contributed by atoms with Gasteiger partial charge in [-0.2, -0.15) is 13.2 Å². The van der Waals surface area contributed by atoms with Crippen molar-refractivity contribution >= 4 is 5.91 Å². The molecule has 0 aromatic carbocycles. The van der Waals surface area contributed by atoms with Crippen molar-refractivity contribution in [1.29, 1.82) is 0 Å². The molecule has 0 spiro atoms. The number of hydrogen-bond acceptors (Lipinski definition) is 10. The summed E-state index contributed by atoms with van der Waals surface area (Å²) in [5, 5.41) is 5.26. The molecule has 1 N–H and O–H groups in total. The Balaban J connectivity index is 1.37. The number of carbonyl (C=O) groups is 1. The standard InChI is InChI=1S/C20H31F3N4O9/c1-18(2)34-14-13(26-17(28)20(21,22)23)16-33-12-19(36-16,15(14)35-18)11-32-10-9-31-8-7-30-6-5-29-4-3-25-27-24/h13-16H,3-12H2,1-2H3,(H,26,28)/t13-,14-,15-,16+,19+/m1/s1. The highest BCUT2D eigenvalue weighted by Gasteiger charge is 2.66. The van der Waals surface area contributed by atoms with Crippen molar-refractivity contribution in [2.24, 2.45) is 5.11 Å². The maximum Gasteiger partial charge on any atom is 0.471 e. The van der Waals surface area contributed by atoms with E-state index in [0.717, 1.165) is 0 Å². The van der Waals surface area contributed by atoms with Crippen LogP contribution in [0.3, 0.4) is 0 Å². The number of hydrogen-bond donors (Lipinski definition) is 1. The van der Waals surface area contributed by atoms with Gasteiger partial charge in [-0.3, -0.25) is 4.79 Å². The number of fused-ring (bicyclic) bond motifs is 4. The summed E-state index contributed by atoms with van der Waals surface area (Å²) in [5.74, 6) is -3.21. The topological polar surface area (TPSA) is 152 Å². The van der Waals surface area contributed by atoms with Crippen LogP contribution in [0, 0.1) is 0 Å². The summed E-state index contributed by atoms with van der Waals surface area (Å²) >= 11 is 0. The molecule has 3 aliphatic rings. The van der Waals surface area contributed by atoms with E-state index in [2.05, 4.69) is 10.0 Å². The Bertz CT molecular complexity index is 784. The number of ether oxygens (including phenoxy) is 8. The van der Waals surface area contributed by atoms with E-state index >= 15 is 0 Å². The van der Waals surface area contributed by atoms with Crippen LogP contribution < -0.4 is 5.32 Å². The molecule has 3 fully saturated rings. The minimum absolute atomic E-state index is 0.00368. The maximum atomic E-state index is 12.8. The van der Waals surface area contributed by atoms with Gasteiger partial charge in [-0.15, -0.1) is 0 Å². The highest BCUT2D eigenvalue weighted by Crippen LogP contribution is 2.46. The van der Waals surface area contributed by atoms with Crippen LogP contribution in [0.2, 0.25) is 0 Å². The molecule has 13 nitrogen and oxygen atoms in total. The van der Waals surface area contributed by atoms with Crippen LogP contribution in [0.5, 0.6) is 0 Å². The molecule has 206 valence electrons. The van der Waals surface area contributed by atoms with Crippen molar-refractivity contribution in [2.75, 3.05) is 66.0 Å². The number of halogens is 3. The number of carbonyl (C=O) groups excluding carboxylic acids is 1. The quantitative estimate of drug-likeness (QED) is 0.142. The van der Waals surface area contributed by atoms with Crippen molar-refractivity contribution in [3.63, 3.8) is 0 Å². The van der Waals surface area contributed by atoms with Gasteiger partial charge in [-0.05, 0) is 19.4 Å². The second kappa shape index (κ2) is 12.7. The highest BCUT2D eigenvalue weighted by atomic mass is 19.4. The molecule has 3 rings (SSSR count). The van der Waals surface area contributed by atoms with E-state index in [1.54, 1.807) is 13.8 Å². The number of nitrogens with one attached hydrogen (secondary N) is 1. The predicted octanol–water partition coefficient (Wildman–Crippen LogP) is 1.06. The van der Waals surface area contributed by atoms with Gasteiger partial charge in [0, 0.05) is 11.5 Å².